The van der Waals surface area contributed by atoms with E-state index >= 15 is 0 Å². The molecular formula is C38H26F4N2Ti. The number of hydrogen-bond acceptors (Lipinski definition) is 0. The van der Waals surface area contributed by atoms with Gasteiger partial charge in [0, 0.05) is 34.3 Å². The van der Waals surface area contributed by atoms with Crippen LogP contribution >= 0.6 is 0 Å². The van der Waals surface area contributed by atoms with E-state index in [9.17, 15) is 17.6 Å². The SMILES string of the molecule is Fc1[c-]c(F)c(-n2ccc3ccccc32)cc1.Fc1[c-]c(F)c(-n2ccc3ccccc32)cc1.[Ti+4].c1cc[cH-]c1.c1cc[cH-]c1. The number of para-hydroxylation sites is 2. The van der Waals surface area contributed by atoms with Crippen molar-refractivity contribution in [3.8, 4) is 11.4 Å². The maximum absolute atomic E-state index is 13.6. The first-order valence-electron chi connectivity index (χ1n) is 13.7. The zero-order valence-electron chi connectivity index (χ0n) is 23.9. The fourth-order valence-corrected chi connectivity index (χ4v) is 4.47. The Bertz CT molecular complexity index is 1840. The summed E-state index contributed by atoms with van der Waals surface area (Å²) in [5.74, 6) is -2.76. The molecule has 8 rings (SSSR count). The first kappa shape index (κ1) is 33.0. The van der Waals surface area contributed by atoms with Crippen LogP contribution in [-0.2, 0) is 21.7 Å². The van der Waals surface area contributed by atoms with Crippen LogP contribution in [0.3, 0.4) is 0 Å². The number of aromatic nitrogens is 2. The van der Waals surface area contributed by atoms with Gasteiger partial charge in [0.05, 0.1) is 0 Å². The van der Waals surface area contributed by atoms with Crippen LogP contribution in [0.1, 0.15) is 0 Å². The molecule has 0 bridgehead atoms. The van der Waals surface area contributed by atoms with Gasteiger partial charge < -0.3 is 9.13 Å². The van der Waals surface area contributed by atoms with Gasteiger partial charge in [0.2, 0.25) is 0 Å². The van der Waals surface area contributed by atoms with Crippen LogP contribution in [0.15, 0.2) is 158 Å². The van der Waals surface area contributed by atoms with Gasteiger partial charge in [0.15, 0.2) is 0 Å². The summed E-state index contributed by atoms with van der Waals surface area (Å²) in [5, 5.41) is 2.02. The van der Waals surface area contributed by atoms with E-state index in [4.69, 9.17) is 0 Å². The van der Waals surface area contributed by atoms with E-state index in [0.717, 1.165) is 21.8 Å². The molecule has 0 aliphatic heterocycles. The molecule has 0 spiro atoms. The molecule has 220 valence electrons. The third-order valence-electron chi connectivity index (χ3n) is 6.51. The van der Waals surface area contributed by atoms with Gasteiger partial charge in [-0.2, -0.15) is 36.4 Å². The quantitative estimate of drug-likeness (QED) is 0.102. The van der Waals surface area contributed by atoms with Crippen LogP contribution in [0.4, 0.5) is 17.6 Å². The van der Waals surface area contributed by atoms with Crippen molar-refractivity contribution in [1.29, 1.82) is 0 Å². The molecule has 0 saturated carbocycles. The average Bonchev–Trinajstić information content (AvgIpc) is 3.87. The Labute approximate surface area is 274 Å². The summed E-state index contributed by atoms with van der Waals surface area (Å²) in [7, 11) is 0. The maximum atomic E-state index is 13.6. The van der Waals surface area contributed by atoms with E-state index in [1.807, 2.05) is 133 Å². The average molecular weight is 634 g/mol. The van der Waals surface area contributed by atoms with Gasteiger partial charge in [-0.15, -0.1) is 36.4 Å². The summed E-state index contributed by atoms with van der Waals surface area (Å²) < 4.78 is 56.2. The van der Waals surface area contributed by atoms with Crippen molar-refractivity contribution >= 4 is 21.8 Å². The van der Waals surface area contributed by atoms with Gasteiger partial charge in [-0.1, -0.05) is 36.4 Å². The number of halogens is 4. The van der Waals surface area contributed by atoms with Gasteiger partial charge in [-0.3, -0.25) is 0 Å². The van der Waals surface area contributed by atoms with Crippen molar-refractivity contribution in [2.24, 2.45) is 0 Å². The zero-order chi connectivity index (χ0) is 30.7. The molecule has 0 radical (unpaired) electrons. The van der Waals surface area contributed by atoms with Gasteiger partial charge in [0.25, 0.3) is 0 Å². The fraction of sp³-hybridized carbons (Fsp3) is 0. The topological polar surface area (TPSA) is 9.86 Å². The first-order valence-corrected chi connectivity index (χ1v) is 13.7. The molecule has 0 aliphatic rings. The normalized spacial score (nSPS) is 10.0. The van der Waals surface area contributed by atoms with Gasteiger partial charge in [0.1, 0.15) is 0 Å². The molecule has 0 unspecified atom stereocenters. The molecule has 45 heavy (non-hydrogen) atoms. The van der Waals surface area contributed by atoms with Crippen molar-refractivity contribution in [1.82, 2.24) is 9.13 Å². The predicted molar refractivity (Wildman–Crippen MR) is 168 cm³/mol. The summed E-state index contributed by atoms with van der Waals surface area (Å²) in [6.07, 6.45) is 3.52. The fourth-order valence-electron chi connectivity index (χ4n) is 4.47. The second-order valence-electron chi connectivity index (χ2n) is 9.42. The molecule has 6 aromatic carbocycles. The van der Waals surface area contributed by atoms with Crippen LogP contribution in [0.25, 0.3) is 33.2 Å². The Balaban J connectivity index is 0.000000154. The molecule has 0 saturated heterocycles. The molecule has 2 aromatic heterocycles. The minimum Gasteiger partial charge on any atom is -0.368 e. The van der Waals surface area contributed by atoms with E-state index < -0.39 is 23.3 Å². The molecule has 2 heterocycles. The van der Waals surface area contributed by atoms with E-state index in [0.29, 0.717) is 11.4 Å². The van der Waals surface area contributed by atoms with Crippen molar-refractivity contribution in [2.75, 3.05) is 0 Å². The van der Waals surface area contributed by atoms with Crippen molar-refractivity contribution in [3.05, 3.63) is 193 Å². The smallest absolute Gasteiger partial charge is 0.368 e. The summed E-state index contributed by atoms with van der Waals surface area (Å²) in [4.78, 5) is 0. The second kappa shape index (κ2) is 16.2. The van der Waals surface area contributed by atoms with Gasteiger partial charge in [-0.25, -0.2) is 41.8 Å². The number of fused-ring (bicyclic) bond motifs is 2. The number of nitrogens with zero attached hydrogens (tertiary/aromatic N) is 2. The Hall–Kier alpha value is -4.91. The van der Waals surface area contributed by atoms with Crippen molar-refractivity contribution in [3.63, 3.8) is 0 Å². The van der Waals surface area contributed by atoms with E-state index in [1.165, 1.54) is 24.3 Å². The monoisotopic (exact) mass is 634 g/mol. The Kier molecular flexibility index (Phi) is 11.9. The predicted octanol–water partition coefficient (Wildman–Crippen LogP) is 10.2. The molecule has 0 atom stereocenters. The number of rotatable bonds is 2. The van der Waals surface area contributed by atoms with Crippen LogP contribution in [0, 0.1) is 35.4 Å². The van der Waals surface area contributed by atoms with Crippen molar-refractivity contribution in [2.45, 2.75) is 0 Å². The molecule has 0 aliphatic carbocycles. The van der Waals surface area contributed by atoms with Gasteiger partial charge >= 0.3 is 21.7 Å². The maximum Gasteiger partial charge on any atom is 4.00 e. The molecule has 0 amide bonds. The minimum absolute atomic E-state index is 0. The summed E-state index contributed by atoms with van der Waals surface area (Å²) in [6.45, 7) is 0. The van der Waals surface area contributed by atoms with E-state index in [2.05, 4.69) is 0 Å². The molecule has 7 heteroatoms. The Morgan fingerprint density at radius 1 is 0.444 bits per heavy atom. The summed E-state index contributed by atoms with van der Waals surface area (Å²) >= 11 is 0. The van der Waals surface area contributed by atoms with Crippen LogP contribution in [0.2, 0.25) is 0 Å². The Morgan fingerprint density at radius 3 is 1.16 bits per heavy atom. The standard InChI is InChI=1S/2C14H8F2N.2C5H5.Ti/c2*15-11-5-6-14(12(16)9-11)17-8-7-10-3-1-2-4-13(10)17;2*1-2-4-5-3-1;/h2*1-8H;2*1-5H;/q4*-1;+4. The van der Waals surface area contributed by atoms with Crippen LogP contribution in [0.5, 0.6) is 0 Å². The van der Waals surface area contributed by atoms with E-state index in [-0.39, 0.29) is 21.7 Å². The number of hydrogen-bond donors (Lipinski definition) is 0. The van der Waals surface area contributed by atoms with Crippen LogP contribution < -0.4 is 0 Å². The molecule has 2 nitrogen and oxygen atoms in total. The summed E-state index contributed by atoms with van der Waals surface area (Å²) in [6, 6.07) is 48.3. The molecular weight excluding hydrogens is 608 g/mol. The van der Waals surface area contributed by atoms with Gasteiger partial charge in [-0.05, 0) is 58.8 Å². The zero-order valence-corrected chi connectivity index (χ0v) is 25.5. The van der Waals surface area contributed by atoms with Crippen molar-refractivity contribution < 1.29 is 39.3 Å². The van der Waals surface area contributed by atoms with E-state index in [1.54, 1.807) is 21.5 Å². The Morgan fingerprint density at radius 2 is 0.822 bits per heavy atom. The second-order valence-corrected chi connectivity index (χ2v) is 9.42. The largest absolute Gasteiger partial charge is 4.00 e. The molecule has 0 N–H and O–H groups in total. The summed E-state index contributed by atoms with van der Waals surface area (Å²) in [5.41, 5.74) is 2.36. The van der Waals surface area contributed by atoms with Crippen LogP contribution in [-0.4, -0.2) is 9.13 Å². The minimum atomic E-state index is -0.692. The molecule has 8 aromatic rings. The third kappa shape index (κ3) is 8.60. The molecule has 0 fully saturated rings. The number of benzene rings is 4. The third-order valence-corrected chi connectivity index (χ3v) is 6.51. The first-order chi connectivity index (χ1) is 21.5.